The van der Waals surface area contributed by atoms with E-state index in [0.29, 0.717) is 0 Å². The number of rotatable bonds is 3. The second-order valence-electron chi connectivity index (χ2n) is 4.39. The van der Waals surface area contributed by atoms with E-state index in [4.69, 9.17) is 15.2 Å². The highest BCUT2D eigenvalue weighted by atomic mass is 16.6. The highest BCUT2D eigenvalue weighted by Crippen LogP contribution is 2.28. The van der Waals surface area contributed by atoms with Gasteiger partial charge in [0.05, 0.1) is 0 Å². The van der Waals surface area contributed by atoms with Crippen molar-refractivity contribution >= 4 is 11.8 Å². The van der Waals surface area contributed by atoms with Crippen LogP contribution in [0.1, 0.15) is 13.2 Å². The van der Waals surface area contributed by atoms with E-state index in [1.165, 1.54) is 19.2 Å². The molecule has 1 aromatic rings. The van der Waals surface area contributed by atoms with Gasteiger partial charge in [-0.1, -0.05) is 0 Å². The monoisotopic (exact) mass is 285 g/mol. The zero-order valence-electron chi connectivity index (χ0n) is 10.7. The van der Waals surface area contributed by atoms with Crippen molar-refractivity contribution in [2.45, 2.75) is 31.5 Å². The average Bonchev–Trinajstić information content (AvgIpc) is 2.64. The van der Waals surface area contributed by atoms with Gasteiger partial charge in [-0.05, 0) is 6.07 Å². The number of nitrogens with zero attached hydrogens (tertiary/aromatic N) is 2. The summed E-state index contributed by atoms with van der Waals surface area (Å²) < 4.78 is 11.1. The van der Waals surface area contributed by atoms with E-state index in [-0.39, 0.29) is 12.4 Å². The van der Waals surface area contributed by atoms with Crippen LogP contribution in [0.4, 0.5) is 5.82 Å². The maximum Gasteiger partial charge on any atom is 0.351 e. The summed E-state index contributed by atoms with van der Waals surface area (Å²) >= 11 is 0. The molecule has 2 rings (SSSR count). The Hall–Kier alpha value is -1.97. The molecule has 9 nitrogen and oxygen atoms in total. The lowest BCUT2D eigenvalue weighted by molar-refractivity contribution is -0.147. The summed E-state index contributed by atoms with van der Waals surface area (Å²) in [5, 5.41) is 19.7. The molecule has 20 heavy (non-hydrogen) atoms. The van der Waals surface area contributed by atoms with Crippen molar-refractivity contribution in [1.29, 1.82) is 0 Å². The first-order valence-corrected chi connectivity index (χ1v) is 5.89. The number of carbonyl (C=O) groups is 1. The van der Waals surface area contributed by atoms with Crippen LogP contribution in [-0.4, -0.2) is 50.7 Å². The molecule has 110 valence electrons. The van der Waals surface area contributed by atoms with Crippen LogP contribution in [0.25, 0.3) is 0 Å². The van der Waals surface area contributed by atoms with Crippen molar-refractivity contribution in [3.8, 4) is 0 Å². The first-order chi connectivity index (χ1) is 9.40. The maximum atomic E-state index is 11.7. The molecule has 0 radical (unpaired) electrons. The van der Waals surface area contributed by atoms with Gasteiger partial charge in [0.15, 0.2) is 6.23 Å². The predicted molar refractivity (Wildman–Crippen MR) is 65.5 cm³/mol. The molecule has 1 aromatic heterocycles. The quantitative estimate of drug-likeness (QED) is 0.543. The van der Waals surface area contributed by atoms with Gasteiger partial charge in [-0.2, -0.15) is 4.98 Å². The largest absolute Gasteiger partial charge is 0.463 e. The molecule has 0 spiro atoms. The van der Waals surface area contributed by atoms with Crippen LogP contribution in [-0.2, 0) is 14.3 Å². The van der Waals surface area contributed by atoms with Crippen LogP contribution in [0.2, 0.25) is 0 Å². The van der Waals surface area contributed by atoms with Crippen LogP contribution in [0.5, 0.6) is 0 Å². The third-order valence-corrected chi connectivity index (χ3v) is 2.91. The summed E-state index contributed by atoms with van der Waals surface area (Å²) in [4.78, 5) is 25.9. The fourth-order valence-corrected chi connectivity index (χ4v) is 1.92. The van der Waals surface area contributed by atoms with Gasteiger partial charge in [0.2, 0.25) is 0 Å². The van der Waals surface area contributed by atoms with E-state index in [9.17, 15) is 19.8 Å². The number of ether oxygens (including phenoxy) is 2. The number of aliphatic hydroxyl groups excluding tert-OH is 2. The third kappa shape index (κ3) is 2.79. The first-order valence-electron chi connectivity index (χ1n) is 5.89. The van der Waals surface area contributed by atoms with Gasteiger partial charge in [0.25, 0.3) is 0 Å². The molecule has 4 N–H and O–H groups in total. The molecule has 0 aliphatic carbocycles. The molecule has 1 aliphatic heterocycles. The molecule has 1 fully saturated rings. The molecule has 4 atom stereocenters. The van der Waals surface area contributed by atoms with Crippen LogP contribution >= 0.6 is 0 Å². The zero-order valence-corrected chi connectivity index (χ0v) is 10.7. The summed E-state index contributed by atoms with van der Waals surface area (Å²) in [6.45, 7) is 0.991. The number of nitrogen functional groups attached to an aromatic ring is 1. The first kappa shape index (κ1) is 14.4. The van der Waals surface area contributed by atoms with Crippen LogP contribution in [0.3, 0.4) is 0 Å². The summed E-state index contributed by atoms with van der Waals surface area (Å²) in [5.74, 6) is -0.499. The van der Waals surface area contributed by atoms with E-state index >= 15 is 0 Å². The Labute approximate surface area is 113 Å². The molecule has 0 bridgehead atoms. The van der Waals surface area contributed by atoms with E-state index < -0.39 is 36.2 Å². The fraction of sp³-hybridized carbons (Fsp3) is 0.545. The van der Waals surface area contributed by atoms with Gasteiger partial charge in [-0.3, -0.25) is 9.36 Å². The second-order valence-corrected chi connectivity index (χ2v) is 4.39. The molecule has 0 amide bonds. The Morgan fingerprint density at radius 2 is 2.25 bits per heavy atom. The van der Waals surface area contributed by atoms with Gasteiger partial charge in [0.1, 0.15) is 30.7 Å². The van der Waals surface area contributed by atoms with Crippen molar-refractivity contribution in [2.24, 2.45) is 0 Å². The predicted octanol–water partition coefficient (Wildman–Crippen LogP) is -1.99. The Bertz CT molecular complexity index is 559. The topological polar surface area (TPSA) is 137 Å². The van der Waals surface area contributed by atoms with Crippen LogP contribution in [0.15, 0.2) is 17.1 Å². The standard InChI is InChI=1S/C11H15N3O6/c1-5(15)19-4-6-8(16)9(17)10(20-6)14-3-2-7(12)13-11(14)18/h2-3,6,8-10,16-17H,4H2,1H3,(H2,12,13,18)/t6-,8-,9+,10-/m1/s1. The van der Waals surface area contributed by atoms with Gasteiger partial charge >= 0.3 is 11.7 Å². The van der Waals surface area contributed by atoms with E-state index in [0.717, 1.165) is 4.57 Å². The molecule has 1 saturated heterocycles. The van der Waals surface area contributed by atoms with Crippen molar-refractivity contribution in [2.75, 3.05) is 12.3 Å². The average molecular weight is 285 g/mol. The summed E-state index contributed by atoms with van der Waals surface area (Å²) in [7, 11) is 0. The normalized spacial score (nSPS) is 29.4. The molecule has 0 unspecified atom stereocenters. The summed E-state index contributed by atoms with van der Waals surface area (Å²) in [5.41, 5.74) is 4.65. The molecule has 0 saturated carbocycles. The fourth-order valence-electron chi connectivity index (χ4n) is 1.92. The van der Waals surface area contributed by atoms with Crippen molar-refractivity contribution in [3.63, 3.8) is 0 Å². The number of aromatic nitrogens is 2. The third-order valence-electron chi connectivity index (χ3n) is 2.91. The number of hydrogen-bond acceptors (Lipinski definition) is 8. The Morgan fingerprint density at radius 3 is 2.85 bits per heavy atom. The minimum atomic E-state index is -1.35. The van der Waals surface area contributed by atoms with Crippen molar-refractivity contribution < 1.29 is 24.5 Å². The lowest BCUT2D eigenvalue weighted by atomic mass is 10.1. The molecular weight excluding hydrogens is 270 g/mol. The van der Waals surface area contributed by atoms with E-state index in [2.05, 4.69) is 4.98 Å². The number of carbonyl (C=O) groups excluding carboxylic acids is 1. The Kier molecular flexibility index (Phi) is 4.02. The second kappa shape index (κ2) is 5.57. The highest BCUT2D eigenvalue weighted by Gasteiger charge is 2.44. The zero-order chi connectivity index (χ0) is 14.9. The van der Waals surface area contributed by atoms with E-state index in [1.54, 1.807) is 0 Å². The highest BCUT2D eigenvalue weighted by molar-refractivity contribution is 5.65. The number of esters is 1. The lowest BCUT2D eigenvalue weighted by Crippen LogP contribution is -2.36. The number of nitrogens with two attached hydrogens (primary N) is 1. The molecule has 9 heteroatoms. The van der Waals surface area contributed by atoms with Gasteiger partial charge in [0, 0.05) is 13.1 Å². The number of anilines is 1. The molecule has 1 aliphatic rings. The van der Waals surface area contributed by atoms with Crippen molar-refractivity contribution in [3.05, 3.63) is 22.7 Å². The SMILES string of the molecule is CC(=O)OC[C@H]1O[C@@H](n2ccc(N)nc2=O)[C@@H](O)[C@@H]1O. The summed E-state index contributed by atoms with van der Waals surface area (Å²) in [6, 6.07) is 1.36. The van der Waals surface area contributed by atoms with Gasteiger partial charge in [-0.15, -0.1) is 0 Å². The van der Waals surface area contributed by atoms with Crippen molar-refractivity contribution in [1.82, 2.24) is 9.55 Å². The smallest absolute Gasteiger partial charge is 0.351 e. The molecule has 2 heterocycles. The molecule has 0 aromatic carbocycles. The Morgan fingerprint density at radius 1 is 1.55 bits per heavy atom. The Balaban J connectivity index is 2.17. The minimum absolute atomic E-state index is 0.0377. The lowest BCUT2D eigenvalue weighted by Gasteiger charge is -2.16. The summed E-state index contributed by atoms with van der Waals surface area (Å²) in [6.07, 6.45) is -3.38. The molecular formula is C11H15N3O6. The van der Waals surface area contributed by atoms with E-state index in [1.807, 2.05) is 0 Å². The number of aliphatic hydroxyl groups is 2. The van der Waals surface area contributed by atoms with Gasteiger partial charge in [-0.25, -0.2) is 4.79 Å². The maximum absolute atomic E-state index is 11.7. The van der Waals surface area contributed by atoms with Crippen LogP contribution in [0, 0.1) is 0 Å². The minimum Gasteiger partial charge on any atom is -0.463 e. The van der Waals surface area contributed by atoms with Crippen LogP contribution < -0.4 is 11.4 Å². The number of hydrogen-bond donors (Lipinski definition) is 3. The van der Waals surface area contributed by atoms with Gasteiger partial charge < -0.3 is 25.4 Å².